The average Bonchev–Trinajstić information content (AvgIpc) is 3.07. The number of nitrogens with zero attached hydrogens (tertiary/aromatic N) is 3. The smallest absolute Gasteiger partial charge is 0.124 e. The van der Waals surface area contributed by atoms with Gasteiger partial charge in [-0.3, -0.25) is 4.68 Å². The summed E-state index contributed by atoms with van der Waals surface area (Å²) in [5.41, 5.74) is 3.19. The number of hydrogen-bond acceptors (Lipinski definition) is 3. The predicted octanol–water partition coefficient (Wildman–Crippen LogP) is 4.46. The zero-order valence-electron chi connectivity index (χ0n) is 10.4. The van der Waals surface area contributed by atoms with Gasteiger partial charge >= 0.3 is 0 Å². The fourth-order valence-corrected chi connectivity index (χ4v) is 3.05. The summed E-state index contributed by atoms with van der Waals surface area (Å²) >= 11 is 5.14. The fraction of sp³-hybridized carbons (Fsp3) is 0.143. The highest BCUT2D eigenvalue weighted by molar-refractivity contribution is 9.10. The molecule has 0 aliphatic heterocycles. The van der Waals surface area contributed by atoms with Gasteiger partial charge in [0.2, 0.25) is 0 Å². The molecule has 1 aromatic carbocycles. The van der Waals surface area contributed by atoms with E-state index in [4.69, 9.17) is 0 Å². The van der Waals surface area contributed by atoms with Gasteiger partial charge in [0.25, 0.3) is 0 Å². The van der Waals surface area contributed by atoms with Gasteiger partial charge in [-0.15, -0.1) is 11.3 Å². The van der Waals surface area contributed by atoms with Gasteiger partial charge in [0, 0.05) is 33.7 Å². The minimum Gasteiger partial charge on any atom is -0.272 e. The van der Waals surface area contributed by atoms with E-state index in [9.17, 15) is 0 Å². The van der Waals surface area contributed by atoms with Crippen LogP contribution in [0.5, 0.6) is 0 Å². The highest BCUT2D eigenvalue weighted by atomic mass is 79.9. The molecule has 0 aliphatic rings. The minimum absolute atomic E-state index is 0.878. The van der Waals surface area contributed by atoms with Gasteiger partial charge in [-0.05, 0) is 19.1 Å². The number of thiazole rings is 1. The van der Waals surface area contributed by atoms with Crippen molar-refractivity contribution in [3.05, 3.63) is 46.5 Å². The van der Waals surface area contributed by atoms with Crippen LogP contribution in [0.4, 0.5) is 0 Å². The summed E-state index contributed by atoms with van der Waals surface area (Å²) in [5.74, 6) is 0. The molecule has 0 N–H and O–H groups in total. The first-order valence-electron chi connectivity index (χ1n) is 6.00. The number of benzene rings is 1. The molecule has 0 amide bonds. The van der Waals surface area contributed by atoms with Crippen molar-refractivity contribution in [3.8, 4) is 21.8 Å². The van der Waals surface area contributed by atoms with Gasteiger partial charge in [-0.1, -0.05) is 28.1 Å². The third kappa shape index (κ3) is 2.62. The number of rotatable bonds is 3. The molecule has 0 fully saturated rings. The standard InChI is InChI=1S/C14H12BrN3S/c1-2-18-8-11(7-16-18)13-9-19-14(17-13)10-4-3-5-12(15)6-10/h3-9H,2H2,1H3. The Kier molecular flexibility index (Phi) is 3.48. The lowest BCUT2D eigenvalue weighted by atomic mass is 10.2. The Morgan fingerprint density at radius 3 is 2.95 bits per heavy atom. The normalized spacial score (nSPS) is 10.8. The van der Waals surface area contributed by atoms with Crippen molar-refractivity contribution >= 4 is 27.3 Å². The highest BCUT2D eigenvalue weighted by Crippen LogP contribution is 2.29. The SMILES string of the molecule is CCn1cc(-c2csc(-c3cccc(Br)c3)n2)cn1. The summed E-state index contributed by atoms with van der Waals surface area (Å²) < 4.78 is 2.98. The molecule has 3 aromatic rings. The molecule has 0 unspecified atom stereocenters. The Morgan fingerprint density at radius 2 is 2.21 bits per heavy atom. The molecule has 2 aromatic heterocycles. The lowest BCUT2D eigenvalue weighted by Crippen LogP contribution is -1.91. The Balaban J connectivity index is 1.95. The lowest BCUT2D eigenvalue weighted by Gasteiger charge is -1.96. The van der Waals surface area contributed by atoms with Crippen molar-refractivity contribution in [2.75, 3.05) is 0 Å². The van der Waals surface area contributed by atoms with E-state index in [1.165, 1.54) is 0 Å². The fourth-order valence-electron chi connectivity index (χ4n) is 1.83. The largest absolute Gasteiger partial charge is 0.272 e. The first-order chi connectivity index (χ1) is 9.26. The van der Waals surface area contributed by atoms with E-state index < -0.39 is 0 Å². The van der Waals surface area contributed by atoms with Crippen LogP contribution in [0.2, 0.25) is 0 Å². The second kappa shape index (κ2) is 5.27. The molecule has 0 radical (unpaired) electrons. The van der Waals surface area contributed by atoms with Crippen molar-refractivity contribution < 1.29 is 0 Å². The van der Waals surface area contributed by atoms with Gasteiger partial charge in [0.05, 0.1) is 11.9 Å². The molecule has 0 saturated carbocycles. The number of aromatic nitrogens is 3. The van der Waals surface area contributed by atoms with E-state index in [0.29, 0.717) is 0 Å². The molecule has 0 atom stereocenters. The molecule has 2 heterocycles. The number of aryl methyl sites for hydroxylation is 1. The maximum atomic E-state index is 4.68. The average molecular weight is 334 g/mol. The van der Waals surface area contributed by atoms with Crippen molar-refractivity contribution in [1.82, 2.24) is 14.8 Å². The van der Waals surface area contributed by atoms with Gasteiger partial charge in [-0.2, -0.15) is 5.10 Å². The molecule has 5 heteroatoms. The molecule has 0 spiro atoms. The summed E-state index contributed by atoms with van der Waals surface area (Å²) in [5, 5.41) is 7.39. The first kappa shape index (κ1) is 12.6. The molecular weight excluding hydrogens is 322 g/mol. The molecule has 96 valence electrons. The molecular formula is C14H12BrN3S. The van der Waals surface area contributed by atoms with Crippen LogP contribution in [0.1, 0.15) is 6.92 Å². The van der Waals surface area contributed by atoms with Crippen molar-refractivity contribution in [2.45, 2.75) is 13.5 Å². The number of halogens is 1. The topological polar surface area (TPSA) is 30.7 Å². The van der Waals surface area contributed by atoms with Gasteiger partial charge in [-0.25, -0.2) is 4.98 Å². The van der Waals surface area contributed by atoms with Crippen LogP contribution in [0, 0.1) is 0 Å². The van der Waals surface area contributed by atoms with E-state index in [1.807, 2.05) is 29.2 Å². The quantitative estimate of drug-likeness (QED) is 0.708. The molecule has 0 aliphatic carbocycles. The van der Waals surface area contributed by atoms with Crippen LogP contribution in [-0.4, -0.2) is 14.8 Å². The third-order valence-electron chi connectivity index (χ3n) is 2.83. The van der Waals surface area contributed by atoms with E-state index in [-0.39, 0.29) is 0 Å². The van der Waals surface area contributed by atoms with Crippen LogP contribution in [0.3, 0.4) is 0 Å². The van der Waals surface area contributed by atoms with E-state index in [0.717, 1.165) is 32.8 Å². The van der Waals surface area contributed by atoms with E-state index >= 15 is 0 Å². The Bertz CT molecular complexity index is 702. The molecule has 3 nitrogen and oxygen atoms in total. The van der Waals surface area contributed by atoms with Crippen molar-refractivity contribution in [2.24, 2.45) is 0 Å². The monoisotopic (exact) mass is 333 g/mol. The second-order valence-corrected chi connectivity index (χ2v) is 5.91. The summed E-state index contributed by atoms with van der Waals surface area (Å²) in [7, 11) is 0. The minimum atomic E-state index is 0.878. The summed E-state index contributed by atoms with van der Waals surface area (Å²) in [6, 6.07) is 8.19. The summed E-state index contributed by atoms with van der Waals surface area (Å²) in [6.45, 7) is 2.95. The zero-order valence-corrected chi connectivity index (χ0v) is 12.8. The molecule has 3 rings (SSSR count). The second-order valence-electron chi connectivity index (χ2n) is 4.13. The lowest BCUT2D eigenvalue weighted by molar-refractivity contribution is 0.660. The predicted molar refractivity (Wildman–Crippen MR) is 82.1 cm³/mol. The van der Waals surface area contributed by atoms with Crippen LogP contribution >= 0.6 is 27.3 Å². The van der Waals surface area contributed by atoms with Gasteiger partial charge < -0.3 is 0 Å². The Labute approximate surface area is 124 Å². The molecule has 0 bridgehead atoms. The van der Waals surface area contributed by atoms with Crippen molar-refractivity contribution in [1.29, 1.82) is 0 Å². The zero-order chi connectivity index (χ0) is 13.2. The van der Waals surface area contributed by atoms with E-state index in [1.54, 1.807) is 11.3 Å². The summed E-state index contributed by atoms with van der Waals surface area (Å²) in [4.78, 5) is 4.68. The third-order valence-corrected chi connectivity index (χ3v) is 4.21. The van der Waals surface area contributed by atoms with E-state index in [2.05, 4.69) is 50.4 Å². The van der Waals surface area contributed by atoms with Crippen LogP contribution in [-0.2, 0) is 6.54 Å². The molecule has 0 saturated heterocycles. The number of hydrogen-bond donors (Lipinski definition) is 0. The highest BCUT2D eigenvalue weighted by Gasteiger charge is 2.08. The Morgan fingerprint density at radius 1 is 1.32 bits per heavy atom. The maximum Gasteiger partial charge on any atom is 0.124 e. The van der Waals surface area contributed by atoms with Gasteiger partial charge in [0.1, 0.15) is 5.01 Å². The maximum absolute atomic E-state index is 4.68. The summed E-state index contributed by atoms with van der Waals surface area (Å²) in [6.07, 6.45) is 3.89. The first-order valence-corrected chi connectivity index (χ1v) is 7.68. The van der Waals surface area contributed by atoms with Crippen LogP contribution in [0.15, 0.2) is 46.5 Å². The van der Waals surface area contributed by atoms with Crippen molar-refractivity contribution in [3.63, 3.8) is 0 Å². The van der Waals surface area contributed by atoms with Gasteiger partial charge in [0.15, 0.2) is 0 Å². The van der Waals surface area contributed by atoms with Crippen LogP contribution < -0.4 is 0 Å². The Hall–Kier alpha value is -1.46. The molecule has 19 heavy (non-hydrogen) atoms. The van der Waals surface area contributed by atoms with Crippen LogP contribution in [0.25, 0.3) is 21.8 Å².